The molecule has 2 rings (SSSR count). The molecular weight excluding hydrogens is 254 g/mol. The molecule has 0 atom stereocenters. The Balaban J connectivity index is 2.01. The Morgan fingerprint density at radius 3 is 2.30 bits per heavy atom. The van der Waals surface area contributed by atoms with Crippen LogP contribution in [0.2, 0.25) is 0 Å². The van der Waals surface area contributed by atoms with Crippen molar-refractivity contribution in [3.8, 4) is 5.75 Å². The van der Waals surface area contributed by atoms with Crippen LogP contribution in [-0.4, -0.2) is 23.7 Å². The zero-order chi connectivity index (χ0) is 14.5. The van der Waals surface area contributed by atoms with Gasteiger partial charge in [0.1, 0.15) is 11.9 Å². The number of hydrogen-bond acceptors (Lipinski definition) is 4. The van der Waals surface area contributed by atoms with Gasteiger partial charge in [0.2, 0.25) is 0 Å². The van der Waals surface area contributed by atoms with Gasteiger partial charge < -0.3 is 10.1 Å². The van der Waals surface area contributed by atoms with Crippen LogP contribution in [0.3, 0.4) is 0 Å². The van der Waals surface area contributed by atoms with Gasteiger partial charge in [-0.15, -0.1) is 0 Å². The van der Waals surface area contributed by atoms with E-state index in [2.05, 4.69) is 5.32 Å². The van der Waals surface area contributed by atoms with Gasteiger partial charge in [-0.2, -0.15) is 0 Å². The number of Topliss-reactive ketones (excluding diaryl/α,β-unsaturated/α-hetero) is 2. The molecule has 0 aliphatic heterocycles. The van der Waals surface area contributed by atoms with Crippen LogP contribution >= 0.6 is 0 Å². The highest BCUT2D eigenvalue weighted by Gasteiger charge is 2.31. The Morgan fingerprint density at radius 1 is 1.15 bits per heavy atom. The van der Waals surface area contributed by atoms with Crippen molar-refractivity contribution >= 4 is 11.6 Å². The summed E-state index contributed by atoms with van der Waals surface area (Å²) >= 11 is 0. The van der Waals surface area contributed by atoms with E-state index in [9.17, 15) is 9.59 Å². The van der Waals surface area contributed by atoms with Gasteiger partial charge in [-0.05, 0) is 26.0 Å². The first-order chi connectivity index (χ1) is 9.56. The molecule has 0 saturated heterocycles. The molecule has 1 aromatic carbocycles. The molecule has 1 N–H and O–H groups in total. The van der Waals surface area contributed by atoms with Gasteiger partial charge in [-0.25, -0.2) is 0 Å². The van der Waals surface area contributed by atoms with E-state index in [1.54, 1.807) is 0 Å². The molecule has 0 radical (unpaired) electrons. The van der Waals surface area contributed by atoms with E-state index in [-0.39, 0.29) is 42.1 Å². The van der Waals surface area contributed by atoms with Gasteiger partial charge in [0.05, 0.1) is 5.57 Å². The molecule has 0 aromatic heterocycles. The topological polar surface area (TPSA) is 55.4 Å². The van der Waals surface area contributed by atoms with E-state index in [0.29, 0.717) is 5.75 Å². The van der Waals surface area contributed by atoms with Crippen molar-refractivity contribution in [2.75, 3.05) is 0 Å². The number of allylic oxidation sites excluding steroid dienone is 1. The van der Waals surface area contributed by atoms with E-state index < -0.39 is 0 Å². The Bertz CT molecular complexity index is 500. The lowest BCUT2D eigenvalue weighted by Gasteiger charge is -2.23. The Labute approximate surface area is 118 Å². The van der Waals surface area contributed by atoms with Crippen molar-refractivity contribution in [2.24, 2.45) is 0 Å². The van der Waals surface area contributed by atoms with Crippen molar-refractivity contribution in [3.05, 3.63) is 42.1 Å². The summed E-state index contributed by atoms with van der Waals surface area (Å²) in [6.07, 6.45) is 1.65. The second-order valence-corrected chi connectivity index (χ2v) is 5.19. The third kappa shape index (κ3) is 3.70. The van der Waals surface area contributed by atoms with Gasteiger partial charge in [0.25, 0.3) is 0 Å². The second-order valence-electron chi connectivity index (χ2n) is 5.19. The average Bonchev–Trinajstić information content (AvgIpc) is 2.38. The van der Waals surface area contributed by atoms with Crippen LogP contribution in [0.15, 0.2) is 42.1 Å². The van der Waals surface area contributed by atoms with Crippen LogP contribution in [0.25, 0.3) is 0 Å². The summed E-state index contributed by atoms with van der Waals surface area (Å²) in [6, 6.07) is 9.45. The Hall–Kier alpha value is -2.10. The van der Waals surface area contributed by atoms with Gasteiger partial charge in [0, 0.05) is 25.1 Å². The Morgan fingerprint density at radius 2 is 1.75 bits per heavy atom. The zero-order valence-corrected chi connectivity index (χ0v) is 11.8. The van der Waals surface area contributed by atoms with Gasteiger partial charge >= 0.3 is 0 Å². The zero-order valence-electron chi connectivity index (χ0n) is 11.8. The third-order valence-electron chi connectivity index (χ3n) is 3.03. The predicted octanol–water partition coefficient (Wildman–Crippen LogP) is 2.25. The lowest BCUT2D eigenvalue weighted by Crippen LogP contribution is -2.34. The summed E-state index contributed by atoms with van der Waals surface area (Å²) in [5, 5.41) is 3.00. The molecule has 20 heavy (non-hydrogen) atoms. The normalized spacial score (nSPS) is 19.1. The molecule has 0 heterocycles. The summed E-state index contributed by atoms with van der Waals surface area (Å²) in [6.45, 7) is 3.91. The van der Waals surface area contributed by atoms with E-state index in [1.807, 2.05) is 44.2 Å². The smallest absolute Gasteiger partial charge is 0.171 e. The number of carbonyl (C=O) groups excluding carboxylic acids is 2. The number of para-hydroxylation sites is 1. The molecule has 0 unspecified atom stereocenters. The first kappa shape index (κ1) is 14.3. The SMILES string of the molecule is CC(C)NC=C1C(=O)CC(Oc2ccccc2)CC1=O. The van der Waals surface area contributed by atoms with Crippen LogP contribution < -0.4 is 10.1 Å². The maximum absolute atomic E-state index is 12.0. The molecule has 1 aromatic rings. The number of nitrogens with one attached hydrogen (secondary N) is 1. The lowest BCUT2D eigenvalue weighted by atomic mass is 9.90. The fraction of sp³-hybridized carbons (Fsp3) is 0.375. The highest BCUT2D eigenvalue weighted by atomic mass is 16.5. The minimum atomic E-state index is -0.367. The minimum Gasteiger partial charge on any atom is -0.489 e. The van der Waals surface area contributed by atoms with Crippen LogP contribution in [0.5, 0.6) is 5.75 Å². The van der Waals surface area contributed by atoms with Crippen LogP contribution in [0, 0.1) is 0 Å². The number of ether oxygens (including phenoxy) is 1. The van der Waals surface area contributed by atoms with Crippen molar-refractivity contribution in [1.82, 2.24) is 5.32 Å². The molecule has 1 saturated carbocycles. The number of benzene rings is 1. The molecule has 1 aliphatic rings. The second kappa shape index (κ2) is 6.37. The molecule has 0 amide bonds. The summed E-state index contributed by atoms with van der Waals surface area (Å²) in [5.41, 5.74) is 0.256. The van der Waals surface area contributed by atoms with Crippen LogP contribution in [-0.2, 0) is 9.59 Å². The van der Waals surface area contributed by atoms with Crippen LogP contribution in [0.4, 0.5) is 0 Å². The van der Waals surface area contributed by atoms with Crippen molar-refractivity contribution in [2.45, 2.75) is 38.8 Å². The van der Waals surface area contributed by atoms with Gasteiger partial charge in [-0.3, -0.25) is 9.59 Å². The maximum Gasteiger partial charge on any atom is 0.171 e. The minimum absolute atomic E-state index is 0.157. The van der Waals surface area contributed by atoms with E-state index >= 15 is 0 Å². The predicted molar refractivity (Wildman–Crippen MR) is 76.5 cm³/mol. The highest BCUT2D eigenvalue weighted by Crippen LogP contribution is 2.22. The molecule has 0 spiro atoms. The Kier molecular flexibility index (Phi) is 4.56. The number of hydrogen-bond donors (Lipinski definition) is 1. The van der Waals surface area contributed by atoms with Gasteiger partial charge in [0.15, 0.2) is 11.6 Å². The third-order valence-corrected chi connectivity index (χ3v) is 3.03. The van der Waals surface area contributed by atoms with Crippen molar-refractivity contribution in [1.29, 1.82) is 0 Å². The summed E-state index contributed by atoms with van der Waals surface area (Å²) in [4.78, 5) is 24.0. The van der Waals surface area contributed by atoms with E-state index in [0.717, 1.165) is 0 Å². The molecular formula is C16H19NO3. The summed E-state index contributed by atoms with van der Waals surface area (Å²) in [7, 11) is 0. The van der Waals surface area contributed by atoms with E-state index in [4.69, 9.17) is 4.74 Å². The van der Waals surface area contributed by atoms with E-state index in [1.165, 1.54) is 6.20 Å². The summed E-state index contributed by atoms with van der Waals surface area (Å²) in [5.74, 6) is 0.372. The lowest BCUT2D eigenvalue weighted by molar-refractivity contribution is -0.126. The van der Waals surface area contributed by atoms with Crippen molar-refractivity contribution in [3.63, 3.8) is 0 Å². The largest absolute Gasteiger partial charge is 0.489 e. The molecule has 1 aliphatic carbocycles. The summed E-state index contributed by atoms with van der Waals surface area (Å²) < 4.78 is 5.68. The van der Waals surface area contributed by atoms with Crippen LogP contribution in [0.1, 0.15) is 26.7 Å². The average molecular weight is 273 g/mol. The van der Waals surface area contributed by atoms with Gasteiger partial charge in [-0.1, -0.05) is 18.2 Å². The standard InChI is InChI=1S/C16H19NO3/c1-11(2)17-10-14-15(18)8-13(9-16(14)19)20-12-6-4-3-5-7-12/h3-7,10-11,13,17H,8-9H2,1-2H3. The first-order valence-electron chi connectivity index (χ1n) is 6.80. The molecule has 4 nitrogen and oxygen atoms in total. The number of ketones is 2. The molecule has 4 heteroatoms. The molecule has 0 bridgehead atoms. The molecule has 106 valence electrons. The number of carbonyl (C=O) groups is 2. The maximum atomic E-state index is 12.0. The molecule has 1 fully saturated rings. The fourth-order valence-electron chi connectivity index (χ4n) is 2.05. The fourth-order valence-corrected chi connectivity index (χ4v) is 2.05. The quantitative estimate of drug-likeness (QED) is 0.675. The monoisotopic (exact) mass is 273 g/mol. The first-order valence-corrected chi connectivity index (χ1v) is 6.80. The van der Waals surface area contributed by atoms with Crippen molar-refractivity contribution < 1.29 is 14.3 Å². The highest BCUT2D eigenvalue weighted by molar-refractivity contribution is 6.22. The number of rotatable bonds is 4.